The van der Waals surface area contributed by atoms with Crippen molar-refractivity contribution in [1.29, 1.82) is 0 Å². The first-order valence-electron chi connectivity index (χ1n) is 6.91. The van der Waals surface area contributed by atoms with Crippen LogP contribution in [-0.4, -0.2) is 31.5 Å². The van der Waals surface area contributed by atoms with Crippen LogP contribution in [-0.2, 0) is 11.2 Å². The normalized spacial score (nSPS) is 11.3. The minimum atomic E-state index is -0.0926. The Labute approximate surface area is 120 Å². The monoisotopic (exact) mass is 276 g/mol. The van der Waals surface area contributed by atoms with Crippen LogP contribution >= 0.6 is 0 Å². The summed E-state index contributed by atoms with van der Waals surface area (Å²) in [4.78, 5) is 15.9. The summed E-state index contributed by atoms with van der Waals surface area (Å²) < 4.78 is 0. The molecule has 1 aromatic rings. The van der Waals surface area contributed by atoms with Crippen molar-refractivity contribution in [2.75, 3.05) is 18.9 Å². The van der Waals surface area contributed by atoms with Gasteiger partial charge in [0.25, 0.3) is 0 Å². The third kappa shape index (κ3) is 5.73. The first-order valence-corrected chi connectivity index (χ1v) is 6.91. The Morgan fingerprint density at radius 1 is 1.35 bits per heavy atom. The van der Waals surface area contributed by atoms with Gasteiger partial charge in [-0.15, -0.1) is 0 Å². The summed E-state index contributed by atoms with van der Waals surface area (Å²) >= 11 is 0. The Kier molecular flexibility index (Phi) is 6.56. The van der Waals surface area contributed by atoms with E-state index in [4.69, 9.17) is 0 Å². The van der Waals surface area contributed by atoms with E-state index < -0.39 is 0 Å². The van der Waals surface area contributed by atoms with Crippen molar-refractivity contribution in [1.82, 2.24) is 10.6 Å². The second-order valence-corrected chi connectivity index (χ2v) is 4.83. The highest BCUT2D eigenvalue weighted by atomic mass is 16.1. The maximum atomic E-state index is 11.9. The van der Waals surface area contributed by atoms with E-state index in [1.165, 1.54) is 5.56 Å². The molecule has 1 amide bonds. The highest BCUT2D eigenvalue weighted by Gasteiger charge is 2.05. The van der Waals surface area contributed by atoms with Crippen LogP contribution in [0.1, 0.15) is 26.3 Å². The van der Waals surface area contributed by atoms with Gasteiger partial charge in [0.1, 0.15) is 0 Å². The van der Waals surface area contributed by atoms with E-state index in [-0.39, 0.29) is 18.5 Å². The number of benzene rings is 1. The van der Waals surface area contributed by atoms with Crippen LogP contribution < -0.4 is 16.0 Å². The van der Waals surface area contributed by atoms with Crippen LogP contribution in [0.25, 0.3) is 0 Å². The highest BCUT2D eigenvalue weighted by molar-refractivity contribution is 5.95. The standard InChI is InChI=1S/C15H24N4O/c1-5-12-7-6-8-13(9-12)19-14(20)10-17-15(16-4)18-11(2)3/h6-9,11H,5,10H2,1-4H3,(H,19,20)(H2,16,17,18). The predicted molar refractivity (Wildman–Crippen MR) is 84.1 cm³/mol. The molecule has 3 N–H and O–H groups in total. The van der Waals surface area contributed by atoms with Crippen LogP contribution in [0.5, 0.6) is 0 Å². The number of guanidine groups is 1. The molecule has 5 nitrogen and oxygen atoms in total. The average molecular weight is 276 g/mol. The lowest BCUT2D eigenvalue weighted by Crippen LogP contribution is -2.44. The molecule has 0 saturated heterocycles. The van der Waals surface area contributed by atoms with Gasteiger partial charge in [-0.05, 0) is 38.0 Å². The number of anilines is 1. The van der Waals surface area contributed by atoms with Gasteiger partial charge in [0, 0.05) is 18.8 Å². The smallest absolute Gasteiger partial charge is 0.243 e. The van der Waals surface area contributed by atoms with E-state index in [2.05, 4.69) is 27.9 Å². The zero-order valence-corrected chi connectivity index (χ0v) is 12.7. The molecule has 0 spiro atoms. The van der Waals surface area contributed by atoms with Crippen LogP contribution in [0.2, 0.25) is 0 Å². The molecule has 0 unspecified atom stereocenters. The molecule has 0 radical (unpaired) electrons. The summed E-state index contributed by atoms with van der Waals surface area (Å²) in [6.45, 7) is 6.30. The van der Waals surface area contributed by atoms with Crippen molar-refractivity contribution in [2.24, 2.45) is 4.99 Å². The van der Waals surface area contributed by atoms with E-state index in [0.717, 1.165) is 12.1 Å². The van der Waals surface area contributed by atoms with Crippen molar-refractivity contribution in [3.63, 3.8) is 0 Å². The molecule has 0 atom stereocenters. The maximum absolute atomic E-state index is 11.9. The summed E-state index contributed by atoms with van der Waals surface area (Å²) in [5.41, 5.74) is 2.02. The number of hydrogen-bond donors (Lipinski definition) is 3. The summed E-state index contributed by atoms with van der Waals surface area (Å²) in [5.74, 6) is 0.530. The van der Waals surface area contributed by atoms with Gasteiger partial charge in [-0.2, -0.15) is 0 Å². The van der Waals surface area contributed by atoms with Gasteiger partial charge >= 0.3 is 0 Å². The van der Waals surface area contributed by atoms with Crippen LogP contribution in [0.3, 0.4) is 0 Å². The summed E-state index contributed by atoms with van der Waals surface area (Å²) in [6, 6.07) is 8.13. The van der Waals surface area contributed by atoms with Crippen molar-refractivity contribution < 1.29 is 4.79 Å². The Hall–Kier alpha value is -2.04. The van der Waals surface area contributed by atoms with Gasteiger partial charge in [0.2, 0.25) is 5.91 Å². The zero-order chi connectivity index (χ0) is 15.0. The number of rotatable bonds is 5. The van der Waals surface area contributed by atoms with E-state index in [1.807, 2.05) is 38.1 Å². The summed E-state index contributed by atoms with van der Waals surface area (Å²) in [5, 5.41) is 8.97. The molecule has 0 heterocycles. The lowest BCUT2D eigenvalue weighted by atomic mass is 10.1. The predicted octanol–water partition coefficient (Wildman–Crippen LogP) is 1.76. The molecule has 0 aliphatic heterocycles. The third-order valence-electron chi connectivity index (χ3n) is 2.68. The molecule has 0 fully saturated rings. The number of hydrogen-bond acceptors (Lipinski definition) is 2. The Morgan fingerprint density at radius 3 is 2.70 bits per heavy atom. The van der Waals surface area contributed by atoms with E-state index in [0.29, 0.717) is 5.96 Å². The molecule has 0 saturated carbocycles. The van der Waals surface area contributed by atoms with Gasteiger partial charge in [-0.3, -0.25) is 9.79 Å². The molecule has 1 rings (SSSR count). The third-order valence-corrected chi connectivity index (χ3v) is 2.68. The molecule has 0 aliphatic carbocycles. The molecule has 0 aromatic heterocycles. The number of amides is 1. The topological polar surface area (TPSA) is 65.5 Å². The Bertz CT molecular complexity index is 469. The fourth-order valence-electron chi connectivity index (χ4n) is 1.71. The number of carbonyl (C=O) groups excluding carboxylic acids is 1. The number of carbonyl (C=O) groups is 1. The van der Waals surface area contributed by atoms with Gasteiger partial charge < -0.3 is 16.0 Å². The molecule has 5 heteroatoms. The van der Waals surface area contributed by atoms with Gasteiger partial charge in [-0.25, -0.2) is 0 Å². The molecule has 20 heavy (non-hydrogen) atoms. The van der Waals surface area contributed by atoms with Gasteiger partial charge in [0.05, 0.1) is 6.54 Å². The summed E-state index contributed by atoms with van der Waals surface area (Å²) in [6.07, 6.45) is 0.951. The molecule has 110 valence electrons. The summed E-state index contributed by atoms with van der Waals surface area (Å²) in [7, 11) is 1.68. The SMILES string of the molecule is CCc1cccc(NC(=O)CNC(=NC)NC(C)C)c1. The second-order valence-electron chi connectivity index (χ2n) is 4.83. The van der Waals surface area contributed by atoms with Crippen molar-refractivity contribution in [3.8, 4) is 0 Å². The molecule has 1 aromatic carbocycles. The van der Waals surface area contributed by atoms with E-state index >= 15 is 0 Å². The fraction of sp³-hybridized carbons (Fsp3) is 0.467. The van der Waals surface area contributed by atoms with Crippen molar-refractivity contribution in [2.45, 2.75) is 33.2 Å². The number of aliphatic imine (C=N–C) groups is 1. The zero-order valence-electron chi connectivity index (χ0n) is 12.7. The minimum Gasteiger partial charge on any atom is -0.354 e. The lowest BCUT2D eigenvalue weighted by molar-refractivity contribution is -0.115. The molecular weight excluding hydrogens is 252 g/mol. The minimum absolute atomic E-state index is 0.0926. The van der Waals surface area contributed by atoms with Crippen molar-refractivity contribution in [3.05, 3.63) is 29.8 Å². The van der Waals surface area contributed by atoms with Crippen LogP contribution in [0.4, 0.5) is 5.69 Å². The quantitative estimate of drug-likeness (QED) is 0.567. The maximum Gasteiger partial charge on any atom is 0.243 e. The van der Waals surface area contributed by atoms with Crippen LogP contribution in [0.15, 0.2) is 29.3 Å². The Morgan fingerprint density at radius 2 is 2.10 bits per heavy atom. The van der Waals surface area contributed by atoms with E-state index in [1.54, 1.807) is 7.05 Å². The largest absolute Gasteiger partial charge is 0.354 e. The number of aryl methyl sites for hydroxylation is 1. The van der Waals surface area contributed by atoms with Gasteiger partial charge in [0.15, 0.2) is 5.96 Å². The molecule has 0 bridgehead atoms. The van der Waals surface area contributed by atoms with Crippen molar-refractivity contribution >= 4 is 17.6 Å². The first-order chi connectivity index (χ1) is 9.55. The molecular formula is C15H24N4O. The average Bonchev–Trinajstić information content (AvgIpc) is 2.43. The number of nitrogens with one attached hydrogen (secondary N) is 3. The van der Waals surface area contributed by atoms with Gasteiger partial charge in [-0.1, -0.05) is 19.1 Å². The van der Waals surface area contributed by atoms with Crippen LogP contribution in [0, 0.1) is 0 Å². The fourth-order valence-corrected chi connectivity index (χ4v) is 1.71. The highest BCUT2D eigenvalue weighted by Crippen LogP contribution is 2.10. The van der Waals surface area contributed by atoms with E-state index in [9.17, 15) is 4.79 Å². The molecule has 0 aliphatic rings. The number of nitrogens with zero attached hydrogens (tertiary/aromatic N) is 1. The first kappa shape index (κ1) is 16.0. The second kappa shape index (κ2) is 8.19. The lowest BCUT2D eigenvalue weighted by Gasteiger charge is -2.14. The Balaban J connectivity index is 2.47.